The van der Waals surface area contributed by atoms with Gasteiger partial charge in [0.2, 0.25) is 0 Å². The van der Waals surface area contributed by atoms with E-state index in [1.54, 1.807) is 0 Å². The minimum absolute atomic E-state index is 0.149. The average molecular weight is 1400 g/mol. The molecule has 0 saturated carbocycles. The molecule has 0 bridgehead atoms. The van der Waals surface area contributed by atoms with Crippen LogP contribution in [0.3, 0.4) is 0 Å². The normalized spacial score (nSPS) is 12.9. The standard InChI is InChI=1S/C91H167NO8/c1-6-8-10-12-14-16-18-20-22-24-26-28-30-32-34-36-38-40-42-44-46-47-49-51-53-55-57-59-61-63-65-67-69-71-73-75-77-79-81-88(93)98-85-87(86-99-91(90(95)96)97-84-83-92(3,4)5)100-89(94)82-80-78-76-74-72-70-68-66-64-62-60-58-56-54-52-50-48-45-43-41-39-37-35-33-31-29-27-25-23-21-19-17-15-13-11-9-7-2/h9,11,15,17,21,23,27,29,33,35,39,41,87,91H,6-8,10,12-14,16,18-20,22,24-26,28,30-32,34,36-38,40,42-86H2,1-5H3/b11-9-,17-15-,23-21-,29-27-,35-33-,41-39-. The first-order chi connectivity index (χ1) is 49.1. The molecule has 0 heterocycles. The van der Waals surface area contributed by atoms with Gasteiger partial charge >= 0.3 is 11.9 Å². The van der Waals surface area contributed by atoms with Gasteiger partial charge in [-0.05, 0) is 64.2 Å². The van der Waals surface area contributed by atoms with Crippen LogP contribution in [0.1, 0.15) is 431 Å². The van der Waals surface area contributed by atoms with Gasteiger partial charge in [0.15, 0.2) is 12.4 Å². The summed E-state index contributed by atoms with van der Waals surface area (Å²) in [4.78, 5) is 37.7. The number of hydrogen-bond acceptors (Lipinski definition) is 8. The first-order valence-electron chi connectivity index (χ1n) is 43.6. The van der Waals surface area contributed by atoms with Crippen molar-refractivity contribution in [3.8, 4) is 0 Å². The van der Waals surface area contributed by atoms with Crippen molar-refractivity contribution in [1.82, 2.24) is 0 Å². The Morgan fingerprint density at radius 2 is 0.570 bits per heavy atom. The summed E-state index contributed by atoms with van der Waals surface area (Å²) in [6.45, 7) is 4.71. The minimum atomic E-state index is -1.62. The zero-order chi connectivity index (χ0) is 72.5. The summed E-state index contributed by atoms with van der Waals surface area (Å²) in [7, 11) is 5.95. The summed E-state index contributed by atoms with van der Waals surface area (Å²) < 4.78 is 22.9. The second-order valence-electron chi connectivity index (χ2n) is 30.8. The zero-order valence-corrected chi connectivity index (χ0v) is 67.1. The Morgan fingerprint density at radius 3 is 0.850 bits per heavy atom. The number of ether oxygens (including phenoxy) is 4. The predicted octanol–water partition coefficient (Wildman–Crippen LogP) is 27.0. The van der Waals surface area contributed by atoms with Crippen LogP contribution in [-0.2, 0) is 33.3 Å². The molecule has 0 radical (unpaired) electrons. The number of unbranched alkanes of at least 4 members (excludes halogenated alkanes) is 55. The van der Waals surface area contributed by atoms with Gasteiger partial charge in [-0.1, -0.05) is 427 Å². The van der Waals surface area contributed by atoms with E-state index in [1.165, 1.54) is 327 Å². The van der Waals surface area contributed by atoms with Crippen molar-refractivity contribution in [2.24, 2.45) is 0 Å². The first-order valence-corrected chi connectivity index (χ1v) is 43.6. The molecule has 0 N–H and O–H groups in total. The highest BCUT2D eigenvalue weighted by molar-refractivity contribution is 5.70. The van der Waals surface area contributed by atoms with E-state index in [1.807, 2.05) is 21.1 Å². The van der Waals surface area contributed by atoms with E-state index < -0.39 is 24.3 Å². The van der Waals surface area contributed by atoms with Crippen molar-refractivity contribution in [3.63, 3.8) is 0 Å². The predicted molar refractivity (Wildman–Crippen MR) is 431 cm³/mol. The summed E-state index contributed by atoms with van der Waals surface area (Å²) in [5, 5.41) is 11.9. The zero-order valence-electron chi connectivity index (χ0n) is 67.1. The van der Waals surface area contributed by atoms with Crippen LogP contribution < -0.4 is 5.11 Å². The third-order valence-electron chi connectivity index (χ3n) is 19.7. The highest BCUT2D eigenvalue weighted by atomic mass is 16.7. The Morgan fingerprint density at radius 1 is 0.310 bits per heavy atom. The van der Waals surface area contributed by atoms with Gasteiger partial charge < -0.3 is 33.3 Å². The van der Waals surface area contributed by atoms with Gasteiger partial charge in [-0.2, -0.15) is 0 Å². The fourth-order valence-electron chi connectivity index (χ4n) is 13.1. The lowest BCUT2D eigenvalue weighted by atomic mass is 10.0. The number of hydrogen-bond donors (Lipinski definition) is 0. The summed E-state index contributed by atoms with van der Waals surface area (Å²) in [5.41, 5.74) is 0. The molecule has 100 heavy (non-hydrogen) atoms. The molecule has 9 nitrogen and oxygen atoms in total. The number of allylic oxidation sites excluding steroid dienone is 12. The minimum Gasteiger partial charge on any atom is -0.545 e. The topological polar surface area (TPSA) is 111 Å². The SMILES string of the molecule is CC/C=C\C/C=C\C/C=C\C/C=C\C/C=C\C/C=C\CCCCCCCCCCCCCCCCCCCCC(=O)OC(COC(=O)CCCCCCCCCCCCCCCCCCCCCCCCCCCCCCCCCCCCCCCC)COC(OCC[N+](C)(C)C)C(=O)[O-]. The van der Waals surface area contributed by atoms with Crippen molar-refractivity contribution in [1.29, 1.82) is 0 Å². The van der Waals surface area contributed by atoms with Crippen LogP contribution in [0.25, 0.3) is 0 Å². The molecule has 0 aromatic carbocycles. The number of carboxylic acids is 1. The van der Waals surface area contributed by atoms with Crippen LogP contribution in [0, 0.1) is 0 Å². The molecule has 0 fully saturated rings. The smallest absolute Gasteiger partial charge is 0.306 e. The molecule has 584 valence electrons. The van der Waals surface area contributed by atoms with E-state index in [0.717, 1.165) is 70.6 Å². The Bertz CT molecular complexity index is 1880. The molecule has 2 atom stereocenters. The van der Waals surface area contributed by atoms with Gasteiger partial charge in [0, 0.05) is 12.8 Å². The molecule has 0 aliphatic heterocycles. The molecule has 0 rings (SSSR count). The summed E-state index contributed by atoms with van der Waals surface area (Å²) in [6.07, 6.45) is 108. The molecule has 0 amide bonds. The van der Waals surface area contributed by atoms with Crippen LogP contribution in [0.15, 0.2) is 72.9 Å². The number of aliphatic carboxylic acids is 1. The second-order valence-corrected chi connectivity index (χ2v) is 30.8. The molecular weight excluding hydrogens is 1230 g/mol. The number of carboxylic acid groups (broad SMARTS) is 1. The van der Waals surface area contributed by atoms with Gasteiger partial charge in [0.05, 0.1) is 40.3 Å². The lowest BCUT2D eigenvalue weighted by Gasteiger charge is -2.26. The fraction of sp³-hybridized carbons (Fsp3) is 0.835. The molecule has 0 aromatic rings. The Balaban J connectivity index is 3.93. The van der Waals surface area contributed by atoms with E-state index in [9.17, 15) is 19.5 Å². The molecular formula is C91H167NO8. The number of carbonyl (C=O) groups is 3. The van der Waals surface area contributed by atoms with Crippen molar-refractivity contribution in [2.75, 3.05) is 47.5 Å². The first kappa shape index (κ1) is 96.7. The fourth-order valence-corrected chi connectivity index (χ4v) is 13.1. The van der Waals surface area contributed by atoms with Gasteiger partial charge in [-0.3, -0.25) is 9.59 Å². The Labute approximate surface area is 621 Å². The number of likely N-dealkylation sites (N-methyl/N-ethyl adjacent to an activating group) is 1. The maximum atomic E-state index is 13.0. The number of esters is 2. The van der Waals surface area contributed by atoms with Crippen molar-refractivity contribution in [2.45, 2.75) is 444 Å². The van der Waals surface area contributed by atoms with Gasteiger partial charge in [0.1, 0.15) is 13.2 Å². The highest BCUT2D eigenvalue weighted by Crippen LogP contribution is 2.21. The van der Waals surface area contributed by atoms with E-state index in [-0.39, 0.29) is 32.2 Å². The number of carbonyl (C=O) groups excluding carboxylic acids is 3. The quantitative estimate of drug-likeness (QED) is 0.0195. The van der Waals surface area contributed by atoms with E-state index in [0.29, 0.717) is 23.9 Å². The van der Waals surface area contributed by atoms with Crippen molar-refractivity contribution >= 4 is 17.9 Å². The van der Waals surface area contributed by atoms with Crippen LogP contribution in [0.2, 0.25) is 0 Å². The monoisotopic (exact) mass is 1400 g/mol. The molecule has 0 aromatic heterocycles. The summed E-state index contributed by atoms with van der Waals surface area (Å²) in [6, 6.07) is 0. The second kappa shape index (κ2) is 81.4. The van der Waals surface area contributed by atoms with Crippen molar-refractivity contribution < 1.29 is 42.9 Å². The lowest BCUT2D eigenvalue weighted by Crippen LogP contribution is -2.44. The van der Waals surface area contributed by atoms with E-state index in [4.69, 9.17) is 18.9 Å². The molecule has 0 spiro atoms. The summed E-state index contributed by atoms with van der Waals surface area (Å²) >= 11 is 0. The van der Waals surface area contributed by atoms with Gasteiger partial charge in [-0.25, -0.2) is 0 Å². The maximum absolute atomic E-state index is 13.0. The highest BCUT2D eigenvalue weighted by Gasteiger charge is 2.22. The molecule has 0 saturated heterocycles. The Kier molecular flexibility index (Phi) is 78.7. The molecule has 9 heteroatoms. The largest absolute Gasteiger partial charge is 0.545 e. The number of rotatable bonds is 82. The lowest BCUT2D eigenvalue weighted by molar-refractivity contribution is -0.870. The third-order valence-corrected chi connectivity index (χ3v) is 19.7. The average Bonchev–Trinajstić information content (AvgIpc) is 1.14. The van der Waals surface area contributed by atoms with Crippen LogP contribution >= 0.6 is 0 Å². The van der Waals surface area contributed by atoms with Crippen LogP contribution in [-0.4, -0.2) is 82.3 Å². The van der Waals surface area contributed by atoms with Crippen LogP contribution in [0.4, 0.5) is 0 Å². The molecule has 0 aliphatic rings. The molecule has 0 aliphatic carbocycles. The molecule has 2 unspecified atom stereocenters. The number of quaternary nitrogens is 1. The van der Waals surface area contributed by atoms with E-state index in [2.05, 4.69) is 86.8 Å². The number of nitrogens with zero attached hydrogens (tertiary/aromatic N) is 1. The third kappa shape index (κ3) is 82.0. The van der Waals surface area contributed by atoms with Crippen LogP contribution in [0.5, 0.6) is 0 Å². The van der Waals surface area contributed by atoms with Gasteiger partial charge in [-0.15, -0.1) is 0 Å². The maximum Gasteiger partial charge on any atom is 0.306 e. The van der Waals surface area contributed by atoms with E-state index >= 15 is 0 Å². The Hall–Kier alpha value is -3.27. The van der Waals surface area contributed by atoms with Crippen molar-refractivity contribution in [3.05, 3.63) is 72.9 Å². The van der Waals surface area contributed by atoms with Gasteiger partial charge in [0.25, 0.3) is 0 Å². The summed E-state index contributed by atoms with van der Waals surface area (Å²) in [5.74, 6) is -2.25.